The van der Waals surface area contributed by atoms with Crippen LogP contribution in [-0.4, -0.2) is 47.4 Å². The van der Waals surface area contributed by atoms with Gasteiger partial charge in [0.25, 0.3) is 0 Å². The van der Waals surface area contributed by atoms with Gasteiger partial charge in [0.15, 0.2) is 5.60 Å². The molecule has 2 bridgehead atoms. The van der Waals surface area contributed by atoms with E-state index in [4.69, 9.17) is 10.5 Å². The highest BCUT2D eigenvalue weighted by Crippen LogP contribution is 2.54. The second-order valence-corrected chi connectivity index (χ2v) is 7.23. The van der Waals surface area contributed by atoms with Crippen LogP contribution in [0.3, 0.4) is 0 Å². The number of hydrogen-bond acceptors (Lipinski definition) is 5. The van der Waals surface area contributed by atoms with Crippen molar-refractivity contribution in [1.29, 1.82) is 0 Å². The van der Waals surface area contributed by atoms with Crippen LogP contribution in [0, 0.1) is 0 Å². The molecule has 0 aromatic rings. The molecule has 0 radical (unpaired) electrons. The third-order valence-corrected chi connectivity index (χ3v) is 6.20. The molecule has 4 nitrogen and oxygen atoms in total. The predicted molar refractivity (Wildman–Crippen MR) is 79.3 cm³/mol. The van der Waals surface area contributed by atoms with Crippen LogP contribution >= 0.6 is 11.8 Å². The Bertz CT molecular complexity index is 516. The lowest BCUT2D eigenvalue weighted by Crippen LogP contribution is -2.48. The number of nitrogens with zero attached hydrogens (tertiary/aromatic N) is 1. The van der Waals surface area contributed by atoms with Crippen LogP contribution in [0.2, 0.25) is 0 Å². The number of carbonyl (C=O) groups is 1. The molecule has 2 fully saturated rings. The van der Waals surface area contributed by atoms with Gasteiger partial charge in [-0.2, -0.15) is 0 Å². The molecule has 4 rings (SSSR count). The molecular formula is C15H20N2O2S. The lowest BCUT2D eigenvalue weighted by molar-refractivity contribution is -0.148. The molecule has 0 aromatic heterocycles. The van der Waals surface area contributed by atoms with Crippen LogP contribution < -0.4 is 5.73 Å². The highest BCUT2D eigenvalue weighted by molar-refractivity contribution is 8.03. The van der Waals surface area contributed by atoms with Crippen LogP contribution in [-0.2, 0) is 9.53 Å². The number of esters is 1. The van der Waals surface area contributed by atoms with E-state index in [1.165, 1.54) is 17.7 Å². The van der Waals surface area contributed by atoms with Gasteiger partial charge < -0.3 is 10.5 Å². The third kappa shape index (κ3) is 1.66. The predicted octanol–water partition coefficient (Wildman–Crippen LogP) is 1.42. The monoisotopic (exact) mass is 292 g/mol. The summed E-state index contributed by atoms with van der Waals surface area (Å²) in [4.78, 5) is 15.8. The Hall–Kier alpha value is -0.780. The van der Waals surface area contributed by atoms with E-state index in [0.29, 0.717) is 18.6 Å². The Morgan fingerprint density at radius 2 is 2.35 bits per heavy atom. The zero-order chi connectivity index (χ0) is 13.7. The number of carbonyl (C=O) groups excluding carboxylic acids is 1. The van der Waals surface area contributed by atoms with E-state index < -0.39 is 0 Å². The summed E-state index contributed by atoms with van der Waals surface area (Å²) >= 11 is 1.85. The van der Waals surface area contributed by atoms with Gasteiger partial charge in [-0.25, -0.2) is 4.79 Å². The van der Waals surface area contributed by atoms with Gasteiger partial charge >= 0.3 is 5.97 Å². The first-order valence-corrected chi connectivity index (χ1v) is 8.48. The summed E-state index contributed by atoms with van der Waals surface area (Å²) < 4.78 is 5.81. The molecule has 0 unspecified atom stereocenters. The van der Waals surface area contributed by atoms with Crippen molar-refractivity contribution in [3.8, 4) is 0 Å². The van der Waals surface area contributed by atoms with Crippen molar-refractivity contribution < 1.29 is 9.53 Å². The van der Waals surface area contributed by atoms with Crippen molar-refractivity contribution in [2.75, 3.05) is 18.8 Å². The van der Waals surface area contributed by atoms with Gasteiger partial charge in [0.2, 0.25) is 0 Å². The lowest BCUT2D eigenvalue weighted by Gasteiger charge is -2.37. The van der Waals surface area contributed by atoms with Crippen molar-refractivity contribution in [3.05, 3.63) is 22.6 Å². The largest absolute Gasteiger partial charge is 0.449 e. The first-order chi connectivity index (χ1) is 9.74. The first-order valence-electron chi connectivity index (χ1n) is 7.50. The van der Waals surface area contributed by atoms with Crippen molar-refractivity contribution in [3.63, 3.8) is 0 Å². The fraction of sp³-hybridized carbons (Fsp3) is 0.667. The first kappa shape index (κ1) is 12.9. The molecular weight excluding hydrogens is 272 g/mol. The molecule has 2 N–H and O–H groups in total. The number of hydrogen-bond donors (Lipinski definition) is 1. The van der Waals surface area contributed by atoms with Crippen LogP contribution in [0.25, 0.3) is 0 Å². The van der Waals surface area contributed by atoms with E-state index in [1.54, 1.807) is 6.08 Å². The number of rotatable bonds is 3. The Kier molecular flexibility index (Phi) is 2.98. The molecule has 3 atom stereocenters. The van der Waals surface area contributed by atoms with Crippen molar-refractivity contribution in [2.45, 2.75) is 43.4 Å². The summed E-state index contributed by atoms with van der Waals surface area (Å²) in [6.07, 6.45) is 8.49. The van der Waals surface area contributed by atoms with E-state index in [1.807, 2.05) is 11.8 Å². The summed E-state index contributed by atoms with van der Waals surface area (Å²) in [6.45, 7) is 1.82. The van der Waals surface area contributed by atoms with Gasteiger partial charge in [-0.15, -0.1) is 11.8 Å². The van der Waals surface area contributed by atoms with Crippen LogP contribution in [0.1, 0.15) is 25.7 Å². The number of ether oxygens (including phenoxy) is 1. The third-order valence-electron chi connectivity index (χ3n) is 5.04. The zero-order valence-corrected chi connectivity index (χ0v) is 12.3. The fourth-order valence-corrected chi connectivity index (χ4v) is 5.27. The average molecular weight is 292 g/mol. The second-order valence-electron chi connectivity index (χ2n) is 6.06. The minimum Gasteiger partial charge on any atom is -0.449 e. The van der Waals surface area contributed by atoms with Gasteiger partial charge in [-0.3, -0.25) is 4.90 Å². The lowest BCUT2D eigenvalue weighted by atomic mass is 9.80. The molecule has 1 spiro atoms. The molecule has 0 saturated carbocycles. The maximum absolute atomic E-state index is 11.8. The Labute approximate surface area is 123 Å². The summed E-state index contributed by atoms with van der Waals surface area (Å²) in [6, 6.07) is 0.811. The standard InChI is InChI=1S/C15H20N2O2S/c16-4-6-20-12-7-10-8-14(18)19-15(10)9-11(12)17-5-2-1-3-13(15)17/h7-8,11,13H,1-6,9,16H2/t11-,13+,15-/m0/s1. The second kappa shape index (κ2) is 4.61. The summed E-state index contributed by atoms with van der Waals surface area (Å²) in [5.74, 6) is 0.781. The molecule has 2 saturated heterocycles. The normalized spacial score (nSPS) is 39.0. The SMILES string of the molecule is NCCSC1=CC2=CC(=O)O[C@@]23C[C@@H]1N1CCCC[C@@H]13. The summed E-state index contributed by atoms with van der Waals surface area (Å²) in [5, 5.41) is 0. The molecule has 108 valence electrons. The Balaban J connectivity index is 1.74. The van der Waals surface area contributed by atoms with Crippen LogP contribution in [0.5, 0.6) is 0 Å². The molecule has 20 heavy (non-hydrogen) atoms. The zero-order valence-electron chi connectivity index (χ0n) is 11.5. The molecule has 4 aliphatic rings. The minimum absolute atomic E-state index is 0.160. The maximum atomic E-state index is 11.8. The Morgan fingerprint density at radius 3 is 3.20 bits per heavy atom. The molecule has 3 aliphatic heterocycles. The average Bonchev–Trinajstić information content (AvgIpc) is 2.93. The molecule has 5 heteroatoms. The van der Waals surface area contributed by atoms with E-state index in [9.17, 15) is 4.79 Å². The van der Waals surface area contributed by atoms with Gasteiger partial charge in [-0.05, 0) is 25.5 Å². The highest BCUT2D eigenvalue weighted by atomic mass is 32.2. The minimum atomic E-state index is -0.338. The molecule has 0 amide bonds. The van der Waals surface area contributed by atoms with E-state index >= 15 is 0 Å². The summed E-state index contributed by atoms with van der Waals surface area (Å²) in [5.41, 5.74) is 6.41. The molecule has 0 aromatic carbocycles. The number of fused-ring (bicyclic) bond motifs is 3. The van der Waals surface area contributed by atoms with Crippen molar-refractivity contribution in [2.24, 2.45) is 5.73 Å². The van der Waals surface area contributed by atoms with Gasteiger partial charge in [0.05, 0.1) is 6.04 Å². The Morgan fingerprint density at radius 1 is 1.45 bits per heavy atom. The number of nitrogens with two attached hydrogens (primary N) is 1. The highest BCUT2D eigenvalue weighted by Gasteiger charge is 2.61. The smallest absolute Gasteiger partial charge is 0.332 e. The molecule has 3 heterocycles. The quantitative estimate of drug-likeness (QED) is 0.797. The summed E-state index contributed by atoms with van der Waals surface area (Å²) in [7, 11) is 0. The fourth-order valence-electron chi connectivity index (χ4n) is 4.30. The maximum Gasteiger partial charge on any atom is 0.332 e. The van der Waals surface area contributed by atoms with E-state index in [2.05, 4.69) is 11.0 Å². The molecule has 1 aliphatic carbocycles. The van der Waals surface area contributed by atoms with Gasteiger partial charge in [-0.1, -0.05) is 6.42 Å². The van der Waals surface area contributed by atoms with Gasteiger partial charge in [0, 0.05) is 41.3 Å². The van der Waals surface area contributed by atoms with E-state index in [0.717, 1.165) is 30.7 Å². The topological polar surface area (TPSA) is 55.6 Å². The van der Waals surface area contributed by atoms with Crippen LogP contribution in [0.4, 0.5) is 0 Å². The van der Waals surface area contributed by atoms with Crippen molar-refractivity contribution >= 4 is 17.7 Å². The number of thioether (sulfide) groups is 1. The van der Waals surface area contributed by atoms with E-state index in [-0.39, 0.29) is 11.6 Å². The van der Waals surface area contributed by atoms with Crippen molar-refractivity contribution in [1.82, 2.24) is 4.90 Å². The van der Waals surface area contributed by atoms with Gasteiger partial charge in [0.1, 0.15) is 0 Å². The number of piperidine rings is 1. The van der Waals surface area contributed by atoms with Crippen LogP contribution in [0.15, 0.2) is 22.6 Å².